The molecule has 1 fully saturated rings. The normalized spacial score (nSPS) is 16.8. The third kappa shape index (κ3) is 5.61. The van der Waals surface area contributed by atoms with Gasteiger partial charge in [0.25, 0.3) is 0 Å². The van der Waals surface area contributed by atoms with Gasteiger partial charge in [-0.1, -0.05) is 6.92 Å². The molecule has 1 aromatic rings. The van der Waals surface area contributed by atoms with E-state index >= 15 is 0 Å². The summed E-state index contributed by atoms with van der Waals surface area (Å²) in [6, 6.07) is 3.61. The molecule has 0 bridgehead atoms. The number of nitrogens with one attached hydrogen (secondary N) is 1. The smallest absolute Gasteiger partial charge is 0.228 e. The number of amides is 1. The summed E-state index contributed by atoms with van der Waals surface area (Å²) in [5.41, 5.74) is 6.41. The van der Waals surface area contributed by atoms with Crippen LogP contribution in [0.15, 0.2) is 18.3 Å². The predicted octanol–water partition coefficient (Wildman–Crippen LogP) is 1.68. The molecule has 8 heteroatoms. The molecule has 126 valence electrons. The summed E-state index contributed by atoms with van der Waals surface area (Å²) < 4.78 is 5.31. The van der Waals surface area contributed by atoms with E-state index in [9.17, 15) is 4.79 Å². The summed E-state index contributed by atoms with van der Waals surface area (Å²) >= 11 is 0. The lowest BCUT2D eigenvalue weighted by Crippen LogP contribution is -2.36. The number of morpholine rings is 1. The van der Waals surface area contributed by atoms with Crippen LogP contribution in [0.3, 0.4) is 0 Å². The molecule has 22 heavy (non-hydrogen) atoms. The summed E-state index contributed by atoms with van der Waals surface area (Å²) in [7, 11) is 0. The molecule has 0 aliphatic carbocycles. The minimum atomic E-state index is -0.228. The van der Waals surface area contributed by atoms with E-state index in [1.165, 1.54) is 0 Å². The van der Waals surface area contributed by atoms with Gasteiger partial charge in [-0.3, -0.25) is 4.79 Å². The van der Waals surface area contributed by atoms with Crippen LogP contribution in [-0.2, 0) is 9.53 Å². The first-order chi connectivity index (χ1) is 9.58. The fourth-order valence-electron chi connectivity index (χ4n) is 1.93. The molecule has 1 aromatic heterocycles. The highest BCUT2D eigenvalue weighted by Crippen LogP contribution is 2.16. The van der Waals surface area contributed by atoms with Gasteiger partial charge in [-0.05, 0) is 19.1 Å². The minimum Gasteiger partial charge on any atom is -0.378 e. The molecule has 0 spiro atoms. The van der Waals surface area contributed by atoms with E-state index in [-0.39, 0.29) is 42.7 Å². The van der Waals surface area contributed by atoms with Crippen LogP contribution in [0.5, 0.6) is 0 Å². The largest absolute Gasteiger partial charge is 0.378 e. The van der Waals surface area contributed by atoms with Crippen LogP contribution < -0.4 is 16.0 Å². The molecule has 1 aliphatic heterocycles. The zero-order valence-corrected chi connectivity index (χ0v) is 14.5. The Labute approximate surface area is 143 Å². The van der Waals surface area contributed by atoms with Gasteiger partial charge in [-0.2, -0.15) is 0 Å². The predicted molar refractivity (Wildman–Crippen MR) is 93.2 cm³/mol. The molecule has 3 N–H and O–H groups in total. The fourth-order valence-corrected chi connectivity index (χ4v) is 1.93. The molecule has 1 amide bonds. The topological polar surface area (TPSA) is 80.5 Å². The average Bonchev–Trinajstić information content (AvgIpc) is 2.48. The number of rotatable bonds is 4. The number of ether oxygens (including phenoxy) is 1. The van der Waals surface area contributed by atoms with Crippen LogP contribution in [0.4, 0.5) is 11.5 Å². The average molecular weight is 351 g/mol. The summed E-state index contributed by atoms with van der Waals surface area (Å²) in [6.45, 7) is 6.79. The Morgan fingerprint density at radius 2 is 1.95 bits per heavy atom. The Kier molecular flexibility index (Phi) is 9.36. The Morgan fingerprint density at radius 3 is 2.45 bits per heavy atom. The summed E-state index contributed by atoms with van der Waals surface area (Å²) in [6.07, 6.45) is 1.68. The second kappa shape index (κ2) is 9.84. The third-order valence-corrected chi connectivity index (χ3v) is 3.55. The van der Waals surface area contributed by atoms with Crippen molar-refractivity contribution in [1.82, 2.24) is 4.98 Å². The number of carbonyl (C=O) groups excluding carboxylic acids is 1. The Morgan fingerprint density at radius 1 is 1.32 bits per heavy atom. The van der Waals surface area contributed by atoms with Crippen molar-refractivity contribution in [3.05, 3.63) is 18.3 Å². The molecule has 2 rings (SSSR count). The highest BCUT2D eigenvalue weighted by atomic mass is 35.5. The summed E-state index contributed by atoms with van der Waals surface area (Å²) in [5.74, 6) is 0.599. The van der Waals surface area contributed by atoms with E-state index in [0.29, 0.717) is 5.69 Å². The van der Waals surface area contributed by atoms with Gasteiger partial charge in [0, 0.05) is 19.1 Å². The number of nitrogens with zero attached hydrogens (tertiary/aromatic N) is 2. The zero-order valence-electron chi connectivity index (χ0n) is 12.8. The van der Waals surface area contributed by atoms with E-state index < -0.39 is 0 Å². The van der Waals surface area contributed by atoms with Crippen molar-refractivity contribution in [3.63, 3.8) is 0 Å². The lowest BCUT2D eigenvalue weighted by molar-refractivity contribution is -0.119. The van der Waals surface area contributed by atoms with Crippen molar-refractivity contribution in [2.24, 2.45) is 11.7 Å². The monoisotopic (exact) mass is 350 g/mol. The van der Waals surface area contributed by atoms with Crippen LogP contribution in [0.1, 0.15) is 13.8 Å². The van der Waals surface area contributed by atoms with E-state index in [1.54, 1.807) is 6.20 Å². The number of hydrogen-bond acceptors (Lipinski definition) is 5. The van der Waals surface area contributed by atoms with E-state index in [4.69, 9.17) is 10.5 Å². The van der Waals surface area contributed by atoms with Crippen molar-refractivity contribution in [1.29, 1.82) is 0 Å². The Hall–Kier alpha value is -1.08. The molecule has 2 unspecified atom stereocenters. The summed E-state index contributed by atoms with van der Waals surface area (Å²) in [5, 5.41) is 2.83. The van der Waals surface area contributed by atoms with E-state index in [2.05, 4.69) is 15.2 Å². The van der Waals surface area contributed by atoms with Gasteiger partial charge in [-0.25, -0.2) is 4.98 Å². The van der Waals surface area contributed by atoms with Crippen LogP contribution in [0, 0.1) is 5.92 Å². The lowest BCUT2D eigenvalue weighted by atomic mass is 10.0. The Bertz CT molecular complexity index is 451. The van der Waals surface area contributed by atoms with E-state index in [0.717, 1.165) is 32.1 Å². The molecule has 0 radical (unpaired) electrons. The zero-order chi connectivity index (χ0) is 14.5. The lowest BCUT2D eigenvalue weighted by Gasteiger charge is -2.27. The quantitative estimate of drug-likeness (QED) is 0.863. The number of anilines is 2. The second-order valence-electron chi connectivity index (χ2n) is 5.14. The highest BCUT2D eigenvalue weighted by Gasteiger charge is 2.17. The minimum absolute atomic E-state index is 0. The molecule has 0 saturated carbocycles. The molecule has 1 saturated heterocycles. The van der Waals surface area contributed by atoms with Crippen molar-refractivity contribution >= 4 is 42.2 Å². The molecular formula is C14H24Cl2N4O2. The maximum Gasteiger partial charge on any atom is 0.228 e. The Balaban J connectivity index is 0.00000220. The van der Waals surface area contributed by atoms with Crippen LogP contribution in [0.2, 0.25) is 0 Å². The first-order valence-electron chi connectivity index (χ1n) is 6.93. The van der Waals surface area contributed by atoms with Gasteiger partial charge in [0.05, 0.1) is 31.0 Å². The van der Waals surface area contributed by atoms with Gasteiger partial charge < -0.3 is 20.7 Å². The van der Waals surface area contributed by atoms with Gasteiger partial charge >= 0.3 is 0 Å². The highest BCUT2D eigenvalue weighted by molar-refractivity contribution is 5.92. The standard InChI is InChI=1S/C14H22N4O2.2ClH/c1-10(11(2)15)14(19)17-12-3-4-13(16-9-12)18-5-7-20-8-6-18;;/h3-4,9-11H,5-8,15H2,1-2H3,(H,17,19);2*1H. The van der Waals surface area contributed by atoms with Crippen molar-refractivity contribution in [2.45, 2.75) is 19.9 Å². The van der Waals surface area contributed by atoms with Crippen molar-refractivity contribution in [2.75, 3.05) is 36.5 Å². The first-order valence-corrected chi connectivity index (χ1v) is 6.93. The number of pyridine rings is 1. The van der Waals surface area contributed by atoms with Crippen molar-refractivity contribution in [3.8, 4) is 0 Å². The molecule has 2 heterocycles. The molecule has 6 nitrogen and oxygen atoms in total. The van der Waals surface area contributed by atoms with Crippen LogP contribution in [0.25, 0.3) is 0 Å². The van der Waals surface area contributed by atoms with Gasteiger partial charge in [0.1, 0.15) is 5.82 Å². The number of hydrogen-bond donors (Lipinski definition) is 2. The molecular weight excluding hydrogens is 327 g/mol. The fraction of sp³-hybridized carbons (Fsp3) is 0.571. The summed E-state index contributed by atoms with van der Waals surface area (Å²) in [4.78, 5) is 18.4. The number of aromatic nitrogens is 1. The van der Waals surface area contributed by atoms with Gasteiger partial charge in [0.15, 0.2) is 0 Å². The van der Waals surface area contributed by atoms with Gasteiger partial charge in [0.2, 0.25) is 5.91 Å². The maximum absolute atomic E-state index is 11.9. The molecule has 0 aromatic carbocycles. The molecule has 1 aliphatic rings. The first kappa shape index (κ1) is 20.9. The number of nitrogens with two attached hydrogens (primary N) is 1. The van der Waals surface area contributed by atoms with Crippen LogP contribution in [-0.4, -0.2) is 43.2 Å². The number of halogens is 2. The van der Waals surface area contributed by atoms with Crippen LogP contribution >= 0.6 is 24.8 Å². The van der Waals surface area contributed by atoms with E-state index in [1.807, 2.05) is 26.0 Å². The van der Waals surface area contributed by atoms with Gasteiger partial charge in [-0.15, -0.1) is 24.8 Å². The third-order valence-electron chi connectivity index (χ3n) is 3.55. The number of carbonyl (C=O) groups is 1. The SMILES string of the molecule is CC(N)C(C)C(=O)Nc1ccc(N2CCOCC2)nc1.Cl.Cl. The molecule has 2 atom stereocenters. The maximum atomic E-state index is 11.9. The second-order valence-corrected chi connectivity index (χ2v) is 5.14. The van der Waals surface area contributed by atoms with Crippen molar-refractivity contribution < 1.29 is 9.53 Å².